The number of allylic oxidation sites excluding steroid dienone is 1. The van der Waals surface area contributed by atoms with Crippen LogP contribution >= 0.6 is 11.3 Å². The van der Waals surface area contributed by atoms with Crippen LogP contribution in [-0.2, 0) is 16.3 Å². The van der Waals surface area contributed by atoms with Gasteiger partial charge in [-0.25, -0.2) is 8.42 Å². The molecule has 0 unspecified atom stereocenters. The lowest BCUT2D eigenvalue weighted by Gasteiger charge is -2.15. The van der Waals surface area contributed by atoms with Crippen molar-refractivity contribution in [3.63, 3.8) is 0 Å². The van der Waals surface area contributed by atoms with E-state index in [4.69, 9.17) is 0 Å². The van der Waals surface area contributed by atoms with Crippen molar-refractivity contribution in [2.45, 2.75) is 17.6 Å². The van der Waals surface area contributed by atoms with Crippen LogP contribution in [0.1, 0.15) is 21.6 Å². The molecule has 33 heavy (non-hydrogen) atoms. The average Bonchev–Trinajstić information content (AvgIpc) is 3.28. The Kier molecular flexibility index (Phi) is 6.64. The van der Waals surface area contributed by atoms with Gasteiger partial charge >= 0.3 is 0 Å². The van der Waals surface area contributed by atoms with E-state index >= 15 is 0 Å². The molecule has 0 fully saturated rings. The van der Waals surface area contributed by atoms with E-state index in [-0.39, 0.29) is 15.7 Å². The van der Waals surface area contributed by atoms with Gasteiger partial charge in [0.25, 0.3) is 0 Å². The summed E-state index contributed by atoms with van der Waals surface area (Å²) in [4.78, 5) is 5.10. The van der Waals surface area contributed by atoms with Crippen LogP contribution in [0.4, 0.5) is 0 Å². The number of benzene rings is 2. The van der Waals surface area contributed by atoms with E-state index in [1.165, 1.54) is 0 Å². The number of pyridine rings is 1. The zero-order valence-corrected chi connectivity index (χ0v) is 19.8. The molecule has 6 heteroatoms. The van der Waals surface area contributed by atoms with Crippen molar-refractivity contribution in [2.75, 3.05) is 5.75 Å². The van der Waals surface area contributed by atoms with Crippen LogP contribution in [0.3, 0.4) is 0 Å². The van der Waals surface area contributed by atoms with Gasteiger partial charge in [0.2, 0.25) is 0 Å². The number of nitrogens with zero attached hydrogens (tertiary/aromatic N) is 1. The van der Waals surface area contributed by atoms with E-state index in [1.54, 1.807) is 18.3 Å². The molecule has 0 spiro atoms. The maximum Gasteiger partial charge on any atom is 0.188 e. The highest BCUT2D eigenvalue weighted by molar-refractivity contribution is 7.93. The highest BCUT2D eigenvalue weighted by atomic mass is 32.2. The first-order valence-corrected chi connectivity index (χ1v) is 12.9. The topological polar surface area (TPSA) is 67.3 Å². The van der Waals surface area contributed by atoms with Crippen LogP contribution in [0.25, 0.3) is 10.9 Å². The number of thiophene rings is 1. The fourth-order valence-electron chi connectivity index (χ4n) is 3.46. The predicted octanol–water partition coefficient (Wildman–Crippen LogP) is 5.71. The number of hydrogen-bond donors (Lipinski definition) is 1. The summed E-state index contributed by atoms with van der Waals surface area (Å²) in [7, 11) is -3.63. The third-order valence-electron chi connectivity index (χ3n) is 5.29. The molecule has 0 aliphatic rings. The molecule has 1 N–H and O–H groups in total. The largest absolute Gasteiger partial charge is 0.513 e. The monoisotopic (exact) mass is 473 g/mol. The van der Waals surface area contributed by atoms with Crippen molar-refractivity contribution in [2.24, 2.45) is 5.92 Å². The minimum absolute atomic E-state index is 0.150. The molecule has 2 aromatic carbocycles. The maximum atomic E-state index is 13.1. The first-order chi connectivity index (χ1) is 15.8. The molecule has 4 rings (SSSR count). The van der Waals surface area contributed by atoms with Gasteiger partial charge in [0.1, 0.15) is 4.21 Å². The zero-order chi connectivity index (χ0) is 23.4. The Bertz CT molecular complexity index is 1470. The summed E-state index contributed by atoms with van der Waals surface area (Å²) in [5, 5.41) is 11.1. The van der Waals surface area contributed by atoms with E-state index in [9.17, 15) is 13.5 Å². The maximum absolute atomic E-state index is 13.1. The summed E-state index contributed by atoms with van der Waals surface area (Å²) in [5.41, 5.74) is 3.75. The Morgan fingerprint density at radius 2 is 1.85 bits per heavy atom. The number of hydrogen-bond acceptors (Lipinski definition) is 5. The SMILES string of the molecule is C=C(O)[C@@H](Cc1cnc2ccccc2c1)CS(=O)(=O)c1ccc(C#Cc2ccc(C)cc2)s1. The Balaban J connectivity index is 1.51. The Hall–Kier alpha value is -3.40. The van der Waals surface area contributed by atoms with Crippen molar-refractivity contribution < 1.29 is 13.5 Å². The van der Waals surface area contributed by atoms with Crippen LogP contribution in [0.15, 0.2) is 89.5 Å². The van der Waals surface area contributed by atoms with Crippen molar-refractivity contribution in [3.8, 4) is 11.8 Å². The van der Waals surface area contributed by atoms with Gasteiger partial charge in [-0.05, 0) is 55.3 Å². The molecule has 2 heterocycles. The normalized spacial score (nSPS) is 12.2. The van der Waals surface area contributed by atoms with Crippen molar-refractivity contribution >= 4 is 32.1 Å². The average molecular weight is 474 g/mol. The lowest BCUT2D eigenvalue weighted by atomic mass is 10.00. The Labute approximate surface area is 198 Å². The van der Waals surface area contributed by atoms with E-state index in [0.717, 1.165) is 38.9 Å². The summed E-state index contributed by atoms with van der Waals surface area (Å²) in [6.07, 6.45) is 2.05. The molecule has 0 saturated carbocycles. The van der Waals surface area contributed by atoms with E-state index < -0.39 is 15.8 Å². The second-order valence-corrected chi connectivity index (χ2v) is 11.3. The standard InChI is InChI=1S/C27H23NO3S2/c1-19-7-9-21(10-8-19)11-12-25-13-14-27(32-25)33(30,31)18-24(20(2)29)16-22-15-23-5-3-4-6-26(23)28-17-22/h3-10,13-15,17,24,29H,2,16,18H2,1H3/t24-/m0/s1. The molecule has 2 aromatic heterocycles. The quantitative estimate of drug-likeness (QED) is 0.288. The Morgan fingerprint density at radius 3 is 2.61 bits per heavy atom. The number of aromatic nitrogens is 1. The third kappa shape index (κ3) is 5.70. The molecule has 1 atom stereocenters. The lowest BCUT2D eigenvalue weighted by Crippen LogP contribution is -2.19. The highest BCUT2D eigenvalue weighted by Crippen LogP contribution is 2.27. The number of fused-ring (bicyclic) bond motifs is 1. The fourth-order valence-corrected chi connectivity index (χ4v) is 6.31. The summed E-state index contributed by atoms with van der Waals surface area (Å²) in [6, 6.07) is 20.8. The van der Waals surface area contributed by atoms with Crippen LogP contribution < -0.4 is 0 Å². The molecule has 166 valence electrons. The molecule has 4 aromatic rings. The first-order valence-electron chi connectivity index (χ1n) is 10.4. The van der Waals surface area contributed by atoms with Crippen LogP contribution in [0.5, 0.6) is 0 Å². The van der Waals surface area contributed by atoms with Crippen LogP contribution in [0.2, 0.25) is 0 Å². The van der Waals surface area contributed by atoms with Crippen molar-refractivity contribution in [1.29, 1.82) is 0 Å². The summed E-state index contributed by atoms with van der Waals surface area (Å²) >= 11 is 1.14. The van der Waals surface area contributed by atoms with Gasteiger partial charge in [0.05, 0.1) is 21.9 Å². The molecule has 0 aliphatic heterocycles. The summed E-state index contributed by atoms with van der Waals surface area (Å²) in [6.45, 7) is 5.63. The number of aliphatic hydroxyl groups excluding tert-OH is 1. The first kappa shape index (κ1) is 22.8. The molecular weight excluding hydrogens is 450 g/mol. The number of rotatable bonds is 6. The molecule has 0 amide bonds. The van der Waals surface area contributed by atoms with Gasteiger partial charge in [-0.1, -0.05) is 54.3 Å². The van der Waals surface area contributed by atoms with Crippen molar-refractivity contribution in [3.05, 3.63) is 107 Å². The fraction of sp³-hybridized carbons (Fsp3) is 0.148. The number of aryl methyl sites for hydroxylation is 1. The lowest BCUT2D eigenvalue weighted by molar-refractivity contribution is 0.342. The van der Waals surface area contributed by atoms with Gasteiger partial charge in [-0.3, -0.25) is 4.98 Å². The molecule has 0 bridgehead atoms. The molecule has 0 saturated heterocycles. The molecular formula is C27H23NO3S2. The van der Waals surface area contributed by atoms with E-state index in [2.05, 4.69) is 23.4 Å². The van der Waals surface area contributed by atoms with Crippen molar-refractivity contribution in [1.82, 2.24) is 4.98 Å². The second-order valence-electron chi connectivity index (χ2n) is 7.94. The number of aliphatic hydroxyl groups is 1. The number of para-hydroxylation sites is 1. The molecule has 0 radical (unpaired) electrons. The smallest absolute Gasteiger partial charge is 0.188 e. The second kappa shape index (κ2) is 9.62. The minimum atomic E-state index is -3.63. The summed E-state index contributed by atoms with van der Waals surface area (Å²) in [5.74, 6) is 5.08. The van der Waals surface area contributed by atoms with E-state index in [0.29, 0.717) is 11.3 Å². The molecule has 4 nitrogen and oxygen atoms in total. The molecule has 0 aliphatic carbocycles. The predicted molar refractivity (Wildman–Crippen MR) is 134 cm³/mol. The van der Waals surface area contributed by atoms with Gasteiger partial charge in [-0.15, -0.1) is 11.3 Å². The minimum Gasteiger partial charge on any atom is -0.513 e. The van der Waals surface area contributed by atoms with E-state index in [1.807, 2.05) is 61.5 Å². The third-order valence-corrected chi connectivity index (χ3v) is 8.69. The number of sulfone groups is 1. The summed E-state index contributed by atoms with van der Waals surface area (Å²) < 4.78 is 26.4. The van der Waals surface area contributed by atoms with Crippen LogP contribution in [0, 0.1) is 24.7 Å². The Morgan fingerprint density at radius 1 is 1.09 bits per heavy atom. The van der Waals surface area contributed by atoms with Gasteiger partial charge in [0, 0.05) is 23.1 Å². The highest BCUT2D eigenvalue weighted by Gasteiger charge is 2.25. The van der Waals surface area contributed by atoms with Crippen LogP contribution in [-0.4, -0.2) is 24.3 Å². The van der Waals surface area contributed by atoms with Gasteiger partial charge in [0.15, 0.2) is 9.84 Å². The van der Waals surface area contributed by atoms with Gasteiger partial charge in [-0.2, -0.15) is 0 Å². The van der Waals surface area contributed by atoms with Gasteiger partial charge < -0.3 is 5.11 Å². The zero-order valence-electron chi connectivity index (χ0n) is 18.2.